The standard InChI is InChI=1S/C15H17NO3/c1-15(2)7-11(5-12(17)8-15)16-10-3-4-13-14(6-10)19-9-18-13/h3-6,16H,7-9H2,1-2H3. The van der Waals surface area contributed by atoms with Crippen LogP contribution in [0.4, 0.5) is 5.69 Å². The Balaban J connectivity index is 1.80. The Bertz CT molecular complexity index is 561. The van der Waals surface area contributed by atoms with Crippen LogP contribution in [0, 0.1) is 5.41 Å². The molecular formula is C15H17NO3. The van der Waals surface area contributed by atoms with E-state index < -0.39 is 0 Å². The highest BCUT2D eigenvalue weighted by Gasteiger charge is 2.27. The van der Waals surface area contributed by atoms with Crippen molar-refractivity contribution in [3.63, 3.8) is 0 Å². The van der Waals surface area contributed by atoms with Crippen molar-refractivity contribution in [3.05, 3.63) is 30.0 Å². The van der Waals surface area contributed by atoms with E-state index in [4.69, 9.17) is 9.47 Å². The van der Waals surface area contributed by atoms with Crippen LogP contribution < -0.4 is 14.8 Å². The van der Waals surface area contributed by atoms with E-state index in [0.29, 0.717) is 6.42 Å². The molecule has 0 saturated heterocycles. The lowest BCUT2D eigenvalue weighted by molar-refractivity contribution is -0.117. The molecule has 19 heavy (non-hydrogen) atoms. The van der Waals surface area contributed by atoms with E-state index in [2.05, 4.69) is 19.2 Å². The summed E-state index contributed by atoms with van der Waals surface area (Å²) in [6.45, 7) is 4.49. The molecule has 4 nitrogen and oxygen atoms in total. The van der Waals surface area contributed by atoms with Gasteiger partial charge in [-0.2, -0.15) is 0 Å². The summed E-state index contributed by atoms with van der Waals surface area (Å²) in [7, 11) is 0. The van der Waals surface area contributed by atoms with Crippen molar-refractivity contribution in [1.82, 2.24) is 0 Å². The molecule has 1 N–H and O–H groups in total. The third-order valence-electron chi connectivity index (χ3n) is 3.33. The molecule has 0 aromatic heterocycles. The number of carbonyl (C=O) groups is 1. The van der Waals surface area contributed by atoms with E-state index in [-0.39, 0.29) is 18.0 Å². The molecule has 1 aromatic rings. The quantitative estimate of drug-likeness (QED) is 0.886. The minimum absolute atomic E-state index is 0.0184. The first-order valence-electron chi connectivity index (χ1n) is 6.42. The van der Waals surface area contributed by atoms with E-state index >= 15 is 0 Å². The first-order chi connectivity index (χ1) is 9.02. The average molecular weight is 259 g/mol. The molecular weight excluding hydrogens is 242 g/mol. The van der Waals surface area contributed by atoms with Crippen molar-refractivity contribution in [2.24, 2.45) is 5.41 Å². The summed E-state index contributed by atoms with van der Waals surface area (Å²) in [5.74, 6) is 1.69. The number of allylic oxidation sites excluding steroid dienone is 2. The zero-order valence-electron chi connectivity index (χ0n) is 11.2. The van der Waals surface area contributed by atoms with Gasteiger partial charge in [0.2, 0.25) is 6.79 Å². The maximum atomic E-state index is 11.7. The first-order valence-corrected chi connectivity index (χ1v) is 6.42. The summed E-state index contributed by atoms with van der Waals surface area (Å²) in [5, 5.41) is 3.30. The number of carbonyl (C=O) groups excluding carboxylic acids is 1. The lowest BCUT2D eigenvalue weighted by Gasteiger charge is -2.29. The number of nitrogens with one attached hydrogen (secondary N) is 1. The molecule has 100 valence electrons. The van der Waals surface area contributed by atoms with E-state index in [0.717, 1.165) is 29.3 Å². The van der Waals surface area contributed by atoms with Gasteiger partial charge in [0.1, 0.15) is 0 Å². The van der Waals surface area contributed by atoms with Crippen LogP contribution in [-0.2, 0) is 4.79 Å². The molecule has 1 aromatic carbocycles. The van der Waals surface area contributed by atoms with Gasteiger partial charge in [0.15, 0.2) is 17.3 Å². The van der Waals surface area contributed by atoms with E-state index in [1.165, 1.54) is 0 Å². The minimum Gasteiger partial charge on any atom is -0.454 e. The average Bonchev–Trinajstić information content (AvgIpc) is 2.73. The molecule has 4 heteroatoms. The maximum absolute atomic E-state index is 11.7. The predicted octanol–water partition coefficient (Wildman–Crippen LogP) is 3.10. The summed E-state index contributed by atoms with van der Waals surface area (Å²) in [4.78, 5) is 11.7. The molecule has 0 bridgehead atoms. The van der Waals surface area contributed by atoms with Crippen molar-refractivity contribution in [1.29, 1.82) is 0 Å². The van der Waals surface area contributed by atoms with Gasteiger partial charge in [-0.05, 0) is 24.0 Å². The molecule has 0 unspecified atom stereocenters. The van der Waals surface area contributed by atoms with Crippen LogP contribution in [0.25, 0.3) is 0 Å². The lowest BCUT2D eigenvalue weighted by atomic mass is 9.79. The van der Waals surface area contributed by atoms with Crippen LogP contribution in [0.2, 0.25) is 0 Å². The number of fused-ring (bicyclic) bond motifs is 1. The number of rotatable bonds is 2. The molecule has 0 spiro atoms. The van der Waals surface area contributed by atoms with Crippen molar-refractivity contribution in [3.8, 4) is 11.5 Å². The topological polar surface area (TPSA) is 47.6 Å². The smallest absolute Gasteiger partial charge is 0.231 e. The molecule has 1 heterocycles. The zero-order valence-corrected chi connectivity index (χ0v) is 11.2. The van der Waals surface area contributed by atoms with Crippen LogP contribution in [-0.4, -0.2) is 12.6 Å². The maximum Gasteiger partial charge on any atom is 0.231 e. The SMILES string of the molecule is CC1(C)CC(=O)C=C(Nc2ccc3c(c2)OCO3)C1. The normalized spacial score (nSPS) is 20.1. The summed E-state index contributed by atoms with van der Waals surface area (Å²) >= 11 is 0. The summed E-state index contributed by atoms with van der Waals surface area (Å²) in [6.07, 6.45) is 3.18. The second-order valence-corrected chi connectivity index (χ2v) is 5.85. The van der Waals surface area contributed by atoms with E-state index in [1.54, 1.807) is 6.08 Å². The Morgan fingerprint density at radius 3 is 2.74 bits per heavy atom. The van der Waals surface area contributed by atoms with E-state index in [1.807, 2.05) is 18.2 Å². The number of benzene rings is 1. The second kappa shape index (κ2) is 4.30. The largest absolute Gasteiger partial charge is 0.454 e. The molecule has 0 radical (unpaired) electrons. The van der Waals surface area contributed by atoms with Gasteiger partial charge >= 0.3 is 0 Å². The fourth-order valence-electron chi connectivity index (χ4n) is 2.59. The number of hydrogen-bond donors (Lipinski definition) is 1. The second-order valence-electron chi connectivity index (χ2n) is 5.85. The zero-order chi connectivity index (χ0) is 13.5. The molecule has 0 fully saturated rings. The molecule has 0 saturated carbocycles. The fraction of sp³-hybridized carbons (Fsp3) is 0.400. The van der Waals surface area contributed by atoms with Crippen LogP contribution in [0.5, 0.6) is 11.5 Å². The molecule has 3 rings (SSSR count). The van der Waals surface area contributed by atoms with Crippen molar-refractivity contribution < 1.29 is 14.3 Å². The van der Waals surface area contributed by atoms with Gasteiger partial charge in [-0.1, -0.05) is 13.8 Å². The summed E-state index contributed by atoms with van der Waals surface area (Å²) in [5.41, 5.74) is 1.89. The van der Waals surface area contributed by atoms with Crippen LogP contribution in [0.1, 0.15) is 26.7 Å². The molecule has 0 atom stereocenters. The summed E-state index contributed by atoms with van der Waals surface area (Å²) < 4.78 is 10.6. The highest BCUT2D eigenvalue weighted by Crippen LogP contribution is 2.37. The Morgan fingerprint density at radius 2 is 1.95 bits per heavy atom. The van der Waals surface area contributed by atoms with Gasteiger partial charge < -0.3 is 14.8 Å². The van der Waals surface area contributed by atoms with Crippen LogP contribution in [0.3, 0.4) is 0 Å². The third kappa shape index (κ3) is 2.57. The number of hydrogen-bond acceptors (Lipinski definition) is 4. The van der Waals surface area contributed by atoms with Gasteiger partial charge in [0.05, 0.1) is 0 Å². The molecule has 1 aliphatic carbocycles. The van der Waals surface area contributed by atoms with Gasteiger partial charge in [0, 0.05) is 29.9 Å². The Hall–Kier alpha value is -1.97. The van der Waals surface area contributed by atoms with Crippen molar-refractivity contribution in [2.75, 3.05) is 12.1 Å². The van der Waals surface area contributed by atoms with Gasteiger partial charge in [-0.15, -0.1) is 0 Å². The lowest BCUT2D eigenvalue weighted by Crippen LogP contribution is -2.24. The monoisotopic (exact) mass is 259 g/mol. The molecule has 0 amide bonds. The Kier molecular flexibility index (Phi) is 2.73. The molecule has 2 aliphatic rings. The fourth-order valence-corrected chi connectivity index (χ4v) is 2.59. The highest BCUT2D eigenvalue weighted by atomic mass is 16.7. The summed E-state index contributed by atoms with van der Waals surface area (Å²) in [6, 6.07) is 5.71. The van der Waals surface area contributed by atoms with Crippen LogP contribution >= 0.6 is 0 Å². The first kappa shape index (κ1) is 12.1. The van der Waals surface area contributed by atoms with Gasteiger partial charge in [-0.3, -0.25) is 4.79 Å². The predicted molar refractivity (Wildman–Crippen MR) is 72.3 cm³/mol. The third-order valence-corrected chi connectivity index (χ3v) is 3.33. The van der Waals surface area contributed by atoms with Gasteiger partial charge in [-0.25, -0.2) is 0 Å². The van der Waals surface area contributed by atoms with Crippen molar-refractivity contribution in [2.45, 2.75) is 26.7 Å². The van der Waals surface area contributed by atoms with E-state index in [9.17, 15) is 4.79 Å². The number of ketones is 1. The highest BCUT2D eigenvalue weighted by molar-refractivity contribution is 5.92. The minimum atomic E-state index is 0.0184. The number of ether oxygens (including phenoxy) is 2. The molecule has 1 aliphatic heterocycles. The number of anilines is 1. The Morgan fingerprint density at radius 1 is 1.16 bits per heavy atom. The van der Waals surface area contributed by atoms with Crippen LogP contribution in [0.15, 0.2) is 30.0 Å². The Labute approximate surface area is 112 Å². The van der Waals surface area contributed by atoms with Crippen molar-refractivity contribution >= 4 is 11.5 Å². The van der Waals surface area contributed by atoms with Gasteiger partial charge in [0.25, 0.3) is 0 Å².